The first-order valence-electron chi connectivity index (χ1n) is 4.95. The van der Waals surface area contributed by atoms with Gasteiger partial charge < -0.3 is 0 Å². The molecule has 1 heterocycles. The molecule has 0 spiro atoms. The van der Waals surface area contributed by atoms with E-state index in [1.807, 2.05) is 12.3 Å². The van der Waals surface area contributed by atoms with Crippen molar-refractivity contribution in [3.8, 4) is 0 Å². The van der Waals surface area contributed by atoms with Crippen LogP contribution in [0.1, 0.15) is 17.7 Å². The number of nitrogens with zero attached hydrogens (tertiary/aromatic N) is 1. The monoisotopic (exact) mass is 181 g/mol. The minimum atomic E-state index is 0.544. The van der Waals surface area contributed by atoms with Gasteiger partial charge in [0.1, 0.15) is 0 Å². The minimum Gasteiger partial charge on any atom is -0.256 e. The highest BCUT2D eigenvalue weighted by molar-refractivity contribution is 5.80. The Morgan fingerprint density at radius 1 is 1.36 bits per heavy atom. The molecule has 2 aliphatic carbocycles. The molecule has 0 aliphatic heterocycles. The molecular formula is C13H11N. The van der Waals surface area contributed by atoms with Crippen molar-refractivity contribution in [1.29, 1.82) is 0 Å². The normalized spacial score (nSPS) is 22.6. The summed E-state index contributed by atoms with van der Waals surface area (Å²) in [5, 5.41) is 0. The zero-order valence-electron chi connectivity index (χ0n) is 7.85. The lowest BCUT2D eigenvalue weighted by atomic mass is 9.83. The van der Waals surface area contributed by atoms with Gasteiger partial charge in [-0.15, -0.1) is 0 Å². The first kappa shape index (κ1) is 7.74. The van der Waals surface area contributed by atoms with Gasteiger partial charge in [-0.2, -0.15) is 0 Å². The van der Waals surface area contributed by atoms with E-state index in [1.165, 1.54) is 11.1 Å². The van der Waals surface area contributed by atoms with Crippen molar-refractivity contribution in [3.63, 3.8) is 0 Å². The van der Waals surface area contributed by atoms with Crippen molar-refractivity contribution in [2.24, 2.45) is 5.92 Å². The predicted molar refractivity (Wildman–Crippen MR) is 58.5 cm³/mol. The maximum absolute atomic E-state index is 4.45. The molecule has 1 aromatic rings. The summed E-state index contributed by atoms with van der Waals surface area (Å²) >= 11 is 0. The summed E-state index contributed by atoms with van der Waals surface area (Å²) in [6.45, 7) is 0. The molecule has 1 aromatic heterocycles. The zero-order chi connectivity index (χ0) is 9.38. The molecule has 1 atom stereocenters. The summed E-state index contributed by atoms with van der Waals surface area (Å²) < 4.78 is 0. The van der Waals surface area contributed by atoms with E-state index in [0.717, 1.165) is 12.1 Å². The van der Waals surface area contributed by atoms with E-state index >= 15 is 0 Å². The van der Waals surface area contributed by atoms with Crippen molar-refractivity contribution in [2.75, 3.05) is 0 Å². The summed E-state index contributed by atoms with van der Waals surface area (Å²) in [7, 11) is 0. The number of fused-ring (bicyclic) bond motifs is 3. The minimum absolute atomic E-state index is 0.544. The molecule has 0 bridgehead atoms. The number of pyridine rings is 1. The van der Waals surface area contributed by atoms with E-state index in [2.05, 4.69) is 41.4 Å². The molecule has 2 aliphatic rings. The molecular weight excluding hydrogens is 170 g/mol. The number of hydrogen-bond acceptors (Lipinski definition) is 1. The Morgan fingerprint density at radius 2 is 2.36 bits per heavy atom. The molecule has 0 aromatic carbocycles. The maximum Gasteiger partial charge on any atom is 0.0739 e. The fourth-order valence-corrected chi connectivity index (χ4v) is 2.10. The van der Waals surface area contributed by atoms with Crippen molar-refractivity contribution >= 4 is 11.6 Å². The highest BCUT2D eigenvalue weighted by atomic mass is 14.7. The van der Waals surface area contributed by atoms with Crippen LogP contribution in [0.25, 0.3) is 11.6 Å². The molecule has 0 saturated carbocycles. The predicted octanol–water partition coefficient (Wildman–Crippen LogP) is 3.07. The van der Waals surface area contributed by atoms with Gasteiger partial charge in [0.05, 0.1) is 5.69 Å². The van der Waals surface area contributed by atoms with Crippen molar-refractivity contribution in [1.82, 2.24) is 4.98 Å². The van der Waals surface area contributed by atoms with Crippen molar-refractivity contribution < 1.29 is 0 Å². The lowest BCUT2D eigenvalue weighted by molar-refractivity contribution is 0.835. The first-order valence-corrected chi connectivity index (χ1v) is 4.95. The average Bonchev–Trinajstić information content (AvgIpc) is 2.29. The highest BCUT2D eigenvalue weighted by Gasteiger charge is 2.20. The average molecular weight is 181 g/mol. The summed E-state index contributed by atoms with van der Waals surface area (Å²) in [5.74, 6) is 0.544. The number of hydrogen-bond donors (Lipinski definition) is 0. The van der Waals surface area contributed by atoms with E-state index in [-0.39, 0.29) is 0 Å². The van der Waals surface area contributed by atoms with Crippen LogP contribution in [0.5, 0.6) is 0 Å². The Morgan fingerprint density at radius 3 is 3.36 bits per heavy atom. The molecule has 0 N–H and O–H groups in total. The Kier molecular flexibility index (Phi) is 1.63. The van der Waals surface area contributed by atoms with Crippen LogP contribution in [-0.2, 0) is 0 Å². The van der Waals surface area contributed by atoms with E-state index in [0.29, 0.717) is 5.92 Å². The van der Waals surface area contributed by atoms with Crippen LogP contribution in [0, 0.1) is 5.92 Å². The third-order valence-corrected chi connectivity index (χ3v) is 2.82. The second kappa shape index (κ2) is 2.95. The van der Waals surface area contributed by atoms with Gasteiger partial charge in [-0.25, -0.2) is 0 Å². The third kappa shape index (κ3) is 1.06. The topological polar surface area (TPSA) is 12.9 Å². The van der Waals surface area contributed by atoms with Crippen molar-refractivity contribution in [3.05, 3.63) is 53.9 Å². The Bertz CT molecular complexity index is 452. The summed E-state index contributed by atoms with van der Waals surface area (Å²) in [5.41, 5.74) is 3.76. The highest BCUT2D eigenvalue weighted by Crippen LogP contribution is 2.35. The lowest BCUT2D eigenvalue weighted by Crippen LogP contribution is -2.08. The van der Waals surface area contributed by atoms with Gasteiger partial charge in [0.15, 0.2) is 0 Å². The summed E-state index contributed by atoms with van der Waals surface area (Å²) in [6, 6.07) is 4.11. The third-order valence-electron chi connectivity index (χ3n) is 2.82. The summed E-state index contributed by atoms with van der Waals surface area (Å²) in [6.07, 6.45) is 14.0. The van der Waals surface area contributed by atoms with Crippen LogP contribution in [-0.4, -0.2) is 4.98 Å². The molecule has 68 valence electrons. The smallest absolute Gasteiger partial charge is 0.0739 e. The maximum atomic E-state index is 4.45. The molecule has 1 unspecified atom stereocenters. The van der Waals surface area contributed by atoms with Gasteiger partial charge in [0.2, 0.25) is 0 Å². The molecule has 14 heavy (non-hydrogen) atoms. The van der Waals surface area contributed by atoms with E-state index in [9.17, 15) is 0 Å². The molecule has 0 amide bonds. The SMILES string of the molecule is C1=CCC2C=Cc3cccnc3C2=C1. The Balaban J connectivity index is 2.22. The second-order valence-corrected chi connectivity index (χ2v) is 3.69. The van der Waals surface area contributed by atoms with E-state index in [4.69, 9.17) is 0 Å². The molecule has 0 saturated heterocycles. The number of allylic oxidation sites excluding steroid dienone is 5. The first-order chi connectivity index (χ1) is 6.95. The largest absolute Gasteiger partial charge is 0.256 e. The number of aromatic nitrogens is 1. The molecule has 1 nitrogen and oxygen atoms in total. The second-order valence-electron chi connectivity index (χ2n) is 3.69. The van der Waals surface area contributed by atoms with Gasteiger partial charge in [-0.3, -0.25) is 4.98 Å². The lowest BCUT2D eigenvalue weighted by Gasteiger charge is -2.22. The van der Waals surface area contributed by atoms with Crippen LogP contribution < -0.4 is 0 Å². The Labute approximate surface area is 83.5 Å². The van der Waals surface area contributed by atoms with Crippen LogP contribution >= 0.6 is 0 Å². The van der Waals surface area contributed by atoms with Gasteiger partial charge in [0, 0.05) is 17.7 Å². The van der Waals surface area contributed by atoms with E-state index < -0.39 is 0 Å². The van der Waals surface area contributed by atoms with Crippen LogP contribution in [0.3, 0.4) is 0 Å². The Hall–Kier alpha value is -1.63. The summed E-state index contributed by atoms with van der Waals surface area (Å²) in [4.78, 5) is 4.45. The molecule has 0 radical (unpaired) electrons. The van der Waals surface area contributed by atoms with Gasteiger partial charge in [-0.05, 0) is 18.1 Å². The number of rotatable bonds is 0. The fourth-order valence-electron chi connectivity index (χ4n) is 2.10. The standard InChI is InChI=1S/C13H11N/c1-2-6-12-10(4-1)7-8-11-5-3-9-14-13(11)12/h1-3,5-10H,4H2. The van der Waals surface area contributed by atoms with E-state index in [1.54, 1.807) is 0 Å². The van der Waals surface area contributed by atoms with Crippen LogP contribution in [0.4, 0.5) is 0 Å². The fraction of sp³-hybridized carbons (Fsp3) is 0.154. The van der Waals surface area contributed by atoms with Crippen LogP contribution in [0.15, 0.2) is 42.6 Å². The van der Waals surface area contributed by atoms with Crippen LogP contribution in [0.2, 0.25) is 0 Å². The quantitative estimate of drug-likeness (QED) is 0.599. The molecule has 1 heteroatoms. The zero-order valence-corrected chi connectivity index (χ0v) is 7.85. The molecule has 3 rings (SSSR count). The van der Waals surface area contributed by atoms with Gasteiger partial charge in [0.25, 0.3) is 0 Å². The van der Waals surface area contributed by atoms with Gasteiger partial charge >= 0.3 is 0 Å². The molecule has 0 fully saturated rings. The van der Waals surface area contributed by atoms with Gasteiger partial charge in [-0.1, -0.05) is 36.4 Å². The van der Waals surface area contributed by atoms with Crippen molar-refractivity contribution in [2.45, 2.75) is 6.42 Å².